The summed E-state index contributed by atoms with van der Waals surface area (Å²) >= 11 is 0. The van der Waals surface area contributed by atoms with E-state index in [-0.39, 0.29) is 25.8 Å². The Morgan fingerprint density at radius 2 is 1.86 bits per heavy atom. The van der Waals surface area contributed by atoms with E-state index in [2.05, 4.69) is 25.9 Å². The van der Waals surface area contributed by atoms with Gasteiger partial charge in [-0.25, -0.2) is 9.78 Å². The first-order valence-corrected chi connectivity index (χ1v) is 8.27. The second-order valence-electron chi connectivity index (χ2n) is 5.79. The van der Waals surface area contributed by atoms with Crippen molar-refractivity contribution >= 4 is 29.6 Å². The largest absolute Gasteiger partial charge is 0.480 e. The molecule has 0 saturated carbocycles. The number of imidazole rings is 1. The van der Waals surface area contributed by atoms with Gasteiger partial charge in [0.15, 0.2) is 0 Å². The number of aromatic amines is 1. The van der Waals surface area contributed by atoms with Gasteiger partial charge in [0.1, 0.15) is 12.1 Å². The van der Waals surface area contributed by atoms with E-state index in [0.717, 1.165) is 0 Å². The molecule has 1 rings (SSSR count). The molecular weight excluding hydrogens is 374 g/mol. The first-order valence-electron chi connectivity index (χ1n) is 8.27. The summed E-state index contributed by atoms with van der Waals surface area (Å²) in [5.74, 6) is -4.08. The second-order valence-corrected chi connectivity index (χ2v) is 5.79. The summed E-state index contributed by atoms with van der Waals surface area (Å²) in [6, 6.07) is -2.52. The summed E-state index contributed by atoms with van der Waals surface area (Å²) in [7, 11) is 0. The maximum absolute atomic E-state index is 12.5. The minimum absolute atomic E-state index is 0.00936. The van der Waals surface area contributed by atoms with Crippen molar-refractivity contribution < 1.29 is 29.1 Å². The first kappa shape index (κ1) is 22.6. The molecule has 0 aliphatic rings. The Morgan fingerprint density at radius 1 is 1.14 bits per heavy atom. The molecule has 0 aliphatic heterocycles. The monoisotopic (exact) mass is 397 g/mol. The van der Waals surface area contributed by atoms with Crippen LogP contribution in [0.25, 0.3) is 0 Å². The van der Waals surface area contributed by atoms with Crippen LogP contribution in [0.15, 0.2) is 12.5 Å². The third kappa shape index (κ3) is 8.27. The number of H-pyrrole nitrogens is 1. The number of aromatic nitrogens is 2. The van der Waals surface area contributed by atoms with Crippen LogP contribution in [0.3, 0.4) is 0 Å². The van der Waals surface area contributed by atoms with E-state index in [1.54, 1.807) is 0 Å². The molecule has 1 aromatic rings. The lowest BCUT2D eigenvalue weighted by Gasteiger charge is -2.21. The van der Waals surface area contributed by atoms with Crippen LogP contribution >= 0.6 is 0 Å². The molecule has 0 radical (unpaired) electrons. The van der Waals surface area contributed by atoms with Crippen molar-refractivity contribution in [1.82, 2.24) is 25.9 Å². The molecule has 1 aromatic heterocycles. The molecule has 154 valence electrons. The maximum Gasteiger partial charge on any atom is 0.326 e. The molecular formula is C15H23N7O6. The third-order valence-electron chi connectivity index (χ3n) is 3.56. The lowest BCUT2D eigenvalue weighted by Crippen LogP contribution is -2.54. The zero-order valence-electron chi connectivity index (χ0n) is 14.9. The van der Waals surface area contributed by atoms with E-state index in [9.17, 15) is 29.1 Å². The number of nitrogens with one attached hydrogen (secondary N) is 4. The number of amides is 4. The van der Waals surface area contributed by atoms with Crippen LogP contribution in [0, 0.1) is 0 Å². The Bertz CT molecular complexity index is 706. The molecule has 0 saturated heterocycles. The summed E-state index contributed by atoms with van der Waals surface area (Å²) in [5, 5.41) is 16.1. The standard InChI is InChI=1S/C15H23N7O6/c16-4-12(24)19-6-13(25)21-10(3-8-5-18-7-20-8)14(26)22-9(15(27)28)1-2-11(17)23/h5,7,9-10H,1-4,6,16H2,(H2,17,23)(H,18,20)(H,19,24)(H,21,25)(H,22,26)(H,27,28). The molecule has 0 aliphatic carbocycles. The molecule has 4 amide bonds. The van der Waals surface area contributed by atoms with Crippen molar-refractivity contribution in [2.24, 2.45) is 11.5 Å². The van der Waals surface area contributed by atoms with Crippen molar-refractivity contribution in [3.8, 4) is 0 Å². The molecule has 13 nitrogen and oxygen atoms in total. The molecule has 0 bridgehead atoms. The topological polar surface area (TPSA) is 222 Å². The third-order valence-corrected chi connectivity index (χ3v) is 3.56. The summed E-state index contributed by atoms with van der Waals surface area (Å²) < 4.78 is 0. The summed E-state index contributed by atoms with van der Waals surface area (Å²) in [4.78, 5) is 64.4. The fourth-order valence-corrected chi connectivity index (χ4v) is 2.14. The maximum atomic E-state index is 12.5. The van der Waals surface area contributed by atoms with Gasteiger partial charge in [0.2, 0.25) is 23.6 Å². The summed E-state index contributed by atoms with van der Waals surface area (Å²) in [5.41, 5.74) is 10.6. The normalized spacial score (nSPS) is 12.5. The SMILES string of the molecule is NCC(=O)NCC(=O)NC(Cc1cnc[nH]1)C(=O)NC(CCC(N)=O)C(=O)O. The van der Waals surface area contributed by atoms with E-state index in [1.165, 1.54) is 12.5 Å². The molecule has 13 heteroatoms. The van der Waals surface area contributed by atoms with Gasteiger partial charge in [-0.3, -0.25) is 19.2 Å². The number of rotatable bonds is 12. The van der Waals surface area contributed by atoms with E-state index in [0.29, 0.717) is 5.69 Å². The lowest BCUT2D eigenvalue weighted by atomic mass is 10.1. The number of aliphatic carboxylic acids is 1. The van der Waals surface area contributed by atoms with Crippen molar-refractivity contribution in [3.63, 3.8) is 0 Å². The molecule has 9 N–H and O–H groups in total. The lowest BCUT2D eigenvalue weighted by molar-refractivity contribution is -0.142. The Morgan fingerprint density at radius 3 is 2.39 bits per heavy atom. The minimum atomic E-state index is -1.36. The molecule has 28 heavy (non-hydrogen) atoms. The van der Waals surface area contributed by atoms with Crippen molar-refractivity contribution in [3.05, 3.63) is 18.2 Å². The molecule has 0 spiro atoms. The van der Waals surface area contributed by atoms with Gasteiger partial charge < -0.3 is 37.5 Å². The molecule has 2 atom stereocenters. The number of hydrogen-bond donors (Lipinski definition) is 7. The summed E-state index contributed by atoms with van der Waals surface area (Å²) in [6.45, 7) is -0.710. The van der Waals surface area contributed by atoms with E-state index in [1.807, 2.05) is 0 Å². The van der Waals surface area contributed by atoms with Gasteiger partial charge in [0.05, 0.1) is 19.4 Å². The Kier molecular flexibility index (Phi) is 9.09. The number of carbonyl (C=O) groups excluding carboxylic acids is 4. The quantitative estimate of drug-likeness (QED) is 0.186. The number of nitrogens with zero attached hydrogens (tertiary/aromatic N) is 1. The van der Waals surface area contributed by atoms with Crippen LogP contribution in [0.4, 0.5) is 0 Å². The molecule has 2 unspecified atom stereocenters. The molecule has 0 aromatic carbocycles. The summed E-state index contributed by atoms with van der Waals surface area (Å²) in [6.07, 6.45) is 2.36. The number of primary amides is 1. The van der Waals surface area contributed by atoms with Gasteiger partial charge in [-0.2, -0.15) is 0 Å². The van der Waals surface area contributed by atoms with Crippen LogP contribution in [0.5, 0.6) is 0 Å². The number of carbonyl (C=O) groups is 5. The molecule has 1 heterocycles. The van der Waals surface area contributed by atoms with Gasteiger partial charge in [-0.1, -0.05) is 0 Å². The van der Waals surface area contributed by atoms with Gasteiger partial charge in [0.25, 0.3) is 0 Å². The van der Waals surface area contributed by atoms with Crippen LogP contribution < -0.4 is 27.4 Å². The van der Waals surface area contributed by atoms with E-state index >= 15 is 0 Å². The number of carboxylic acids is 1. The van der Waals surface area contributed by atoms with Crippen molar-refractivity contribution in [2.45, 2.75) is 31.3 Å². The predicted octanol–water partition coefficient (Wildman–Crippen LogP) is -3.65. The van der Waals surface area contributed by atoms with E-state index < -0.39 is 48.2 Å². The minimum Gasteiger partial charge on any atom is -0.480 e. The average Bonchev–Trinajstić information content (AvgIpc) is 3.15. The Balaban J connectivity index is 2.79. The first-order chi connectivity index (χ1) is 13.2. The highest BCUT2D eigenvalue weighted by Crippen LogP contribution is 2.03. The van der Waals surface area contributed by atoms with Crippen LogP contribution in [-0.4, -0.2) is 69.8 Å². The van der Waals surface area contributed by atoms with Crippen LogP contribution in [0.1, 0.15) is 18.5 Å². The number of nitrogens with two attached hydrogens (primary N) is 2. The van der Waals surface area contributed by atoms with Gasteiger partial charge in [0, 0.05) is 24.7 Å². The second kappa shape index (κ2) is 11.3. The van der Waals surface area contributed by atoms with Gasteiger partial charge in [-0.15, -0.1) is 0 Å². The highest BCUT2D eigenvalue weighted by atomic mass is 16.4. The Labute approximate surface area is 159 Å². The predicted molar refractivity (Wildman–Crippen MR) is 94.3 cm³/mol. The number of carboxylic acid groups (broad SMARTS) is 1. The van der Waals surface area contributed by atoms with Crippen LogP contribution in [0.2, 0.25) is 0 Å². The van der Waals surface area contributed by atoms with Gasteiger partial charge in [-0.05, 0) is 6.42 Å². The van der Waals surface area contributed by atoms with Crippen LogP contribution in [-0.2, 0) is 30.4 Å². The molecule has 0 fully saturated rings. The highest BCUT2D eigenvalue weighted by molar-refractivity contribution is 5.92. The number of hydrogen-bond acceptors (Lipinski definition) is 7. The van der Waals surface area contributed by atoms with Gasteiger partial charge >= 0.3 is 5.97 Å². The van der Waals surface area contributed by atoms with Crippen molar-refractivity contribution in [2.75, 3.05) is 13.1 Å². The average molecular weight is 397 g/mol. The van der Waals surface area contributed by atoms with Crippen molar-refractivity contribution in [1.29, 1.82) is 0 Å². The zero-order valence-corrected chi connectivity index (χ0v) is 14.9. The Hall–Kier alpha value is -3.48. The fourth-order valence-electron chi connectivity index (χ4n) is 2.14. The fraction of sp³-hybridized carbons (Fsp3) is 0.467. The highest BCUT2D eigenvalue weighted by Gasteiger charge is 2.27. The zero-order chi connectivity index (χ0) is 21.1. The smallest absolute Gasteiger partial charge is 0.326 e. The van der Waals surface area contributed by atoms with E-state index in [4.69, 9.17) is 11.5 Å².